The molecule has 0 amide bonds. The number of unbranched alkanes of at least 4 members (excludes halogenated alkanes) is 1. The fourth-order valence-corrected chi connectivity index (χ4v) is 2.85. The molecule has 0 aromatic heterocycles. The van der Waals surface area contributed by atoms with Crippen molar-refractivity contribution in [3.63, 3.8) is 0 Å². The first-order chi connectivity index (χ1) is 8.91. The number of rotatable bonds is 7. The zero-order valence-corrected chi connectivity index (χ0v) is 13.9. The van der Waals surface area contributed by atoms with E-state index in [4.69, 9.17) is 0 Å². The van der Waals surface area contributed by atoms with Gasteiger partial charge in [0.1, 0.15) is 0 Å². The zero-order valence-electron chi connectivity index (χ0n) is 13.9. The van der Waals surface area contributed by atoms with E-state index in [-0.39, 0.29) is 0 Å². The molecule has 1 N–H and O–H groups in total. The van der Waals surface area contributed by atoms with Gasteiger partial charge in [-0.2, -0.15) is 0 Å². The molecule has 1 heterocycles. The maximum absolute atomic E-state index is 3.62. The van der Waals surface area contributed by atoms with E-state index in [1.54, 1.807) is 0 Å². The minimum absolute atomic E-state index is 0.647. The number of hydrogen-bond donors (Lipinski definition) is 1. The lowest BCUT2D eigenvalue weighted by Crippen LogP contribution is -2.57. The largest absolute Gasteiger partial charge is 0.311 e. The predicted octanol–water partition coefficient (Wildman–Crippen LogP) is 2.43. The predicted molar refractivity (Wildman–Crippen MR) is 84.7 cm³/mol. The molecule has 1 aliphatic rings. The fraction of sp³-hybridized carbons (Fsp3) is 1.00. The Hall–Kier alpha value is -0.120. The molecular formula is C16H35N3. The van der Waals surface area contributed by atoms with E-state index in [9.17, 15) is 0 Å². The topological polar surface area (TPSA) is 18.5 Å². The highest BCUT2D eigenvalue weighted by molar-refractivity contribution is 4.85. The highest BCUT2D eigenvalue weighted by Crippen LogP contribution is 2.16. The third-order valence-corrected chi connectivity index (χ3v) is 4.51. The summed E-state index contributed by atoms with van der Waals surface area (Å²) in [6.07, 6.45) is 2.64. The summed E-state index contributed by atoms with van der Waals surface area (Å²) >= 11 is 0. The molecule has 114 valence electrons. The summed E-state index contributed by atoms with van der Waals surface area (Å²) in [5.41, 5.74) is 0. The Balaban J connectivity index is 2.28. The van der Waals surface area contributed by atoms with Gasteiger partial charge in [-0.05, 0) is 59.7 Å². The van der Waals surface area contributed by atoms with Crippen LogP contribution in [0.2, 0.25) is 0 Å². The lowest BCUT2D eigenvalue weighted by atomic mass is 9.98. The minimum atomic E-state index is 0.647. The Morgan fingerprint density at radius 2 is 1.89 bits per heavy atom. The van der Waals surface area contributed by atoms with E-state index in [1.807, 2.05) is 0 Å². The summed E-state index contributed by atoms with van der Waals surface area (Å²) < 4.78 is 0. The summed E-state index contributed by atoms with van der Waals surface area (Å²) in [6.45, 7) is 16.4. The smallest absolute Gasteiger partial charge is 0.0244 e. The van der Waals surface area contributed by atoms with Gasteiger partial charge in [-0.25, -0.2) is 0 Å². The van der Waals surface area contributed by atoms with Gasteiger partial charge < -0.3 is 10.2 Å². The van der Waals surface area contributed by atoms with Gasteiger partial charge in [0.05, 0.1) is 0 Å². The van der Waals surface area contributed by atoms with Gasteiger partial charge in [-0.1, -0.05) is 13.8 Å². The Bertz CT molecular complexity index is 240. The summed E-state index contributed by atoms with van der Waals surface area (Å²) in [6, 6.07) is 2.04. The first-order valence-electron chi connectivity index (χ1n) is 8.09. The van der Waals surface area contributed by atoms with E-state index in [1.165, 1.54) is 32.5 Å². The molecule has 0 aromatic carbocycles. The van der Waals surface area contributed by atoms with Crippen molar-refractivity contribution in [2.24, 2.45) is 5.92 Å². The average Bonchev–Trinajstić information content (AvgIpc) is 2.33. The van der Waals surface area contributed by atoms with Crippen molar-refractivity contribution in [2.75, 3.05) is 33.2 Å². The average molecular weight is 269 g/mol. The number of nitrogens with zero attached hydrogens (tertiary/aromatic N) is 2. The molecule has 1 aliphatic heterocycles. The highest BCUT2D eigenvalue weighted by atomic mass is 15.2. The summed E-state index contributed by atoms with van der Waals surface area (Å²) in [7, 11) is 2.23. The second-order valence-corrected chi connectivity index (χ2v) is 6.90. The van der Waals surface area contributed by atoms with Crippen molar-refractivity contribution in [1.82, 2.24) is 15.1 Å². The van der Waals surface area contributed by atoms with E-state index in [0.29, 0.717) is 12.1 Å². The first kappa shape index (κ1) is 16.9. The third-order valence-electron chi connectivity index (χ3n) is 4.51. The molecule has 0 spiro atoms. The summed E-state index contributed by atoms with van der Waals surface area (Å²) in [5, 5.41) is 3.62. The van der Waals surface area contributed by atoms with Crippen LogP contribution in [0.3, 0.4) is 0 Å². The van der Waals surface area contributed by atoms with Gasteiger partial charge in [0, 0.05) is 31.2 Å². The normalized spacial score (nSPS) is 25.7. The number of nitrogens with one attached hydrogen (secondary N) is 1. The molecule has 1 fully saturated rings. The second kappa shape index (κ2) is 8.23. The lowest BCUT2D eigenvalue weighted by molar-refractivity contribution is 0.0996. The fourth-order valence-electron chi connectivity index (χ4n) is 2.85. The van der Waals surface area contributed by atoms with Crippen LogP contribution in [-0.2, 0) is 0 Å². The summed E-state index contributed by atoms with van der Waals surface area (Å²) in [4.78, 5) is 5.15. The molecule has 0 bridgehead atoms. The van der Waals surface area contributed by atoms with Crippen LogP contribution in [0.25, 0.3) is 0 Å². The van der Waals surface area contributed by atoms with Crippen molar-refractivity contribution in [3.05, 3.63) is 0 Å². The minimum Gasteiger partial charge on any atom is -0.311 e. The van der Waals surface area contributed by atoms with Gasteiger partial charge in [-0.3, -0.25) is 4.90 Å². The quantitative estimate of drug-likeness (QED) is 0.716. The summed E-state index contributed by atoms with van der Waals surface area (Å²) in [5.74, 6) is 0.748. The number of piperazine rings is 1. The highest BCUT2D eigenvalue weighted by Gasteiger charge is 2.27. The monoisotopic (exact) mass is 269 g/mol. The Kier molecular flexibility index (Phi) is 7.33. The molecule has 0 saturated carbocycles. The molecule has 2 atom stereocenters. The standard InChI is InChI=1S/C16H35N3/c1-13(2)16-11-17-15(5)12-19(16)10-8-7-9-18(6)14(3)4/h13-17H,7-12H2,1-6H3. The molecule has 0 aromatic rings. The molecule has 0 radical (unpaired) electrons. The lowest BCUT2D eigenvalue weighted by Gasteiger charge is -2.41. The Morgan fingerprint density at radius 3 is 2.47 bits per heavy atom. The van der Waals surface area contributed by atoms with Gasteiger partial charge in [0.25, 0.3) is 0 Å². The van der Waals surface area contributed by atoms with Crippen molar-refractivity contribution < 1.29 is 0 Å². The van der Waals surface area contributed by atoms with E-state index in [0.717, 1.165) is 18.5 Å². The van der Waals surface area contributed by atoms with Crippen LogP contribution in [0.4, 0.5) is 0 Å². The van der Waals surface area contributed by atoms with Crippen LogP contribution in [-0.4, -0.2) is 61.2 Å². The Morgan fingerprint density at radius 1 is 1.21 bits per heavy atom. The molecule has 3 heteroatoms. The van der Waals surface area contributed by atoms with Crippen LogP contribution in [0, 0.1) is 5.92 Å². The van der Waals surface area contributed by atoms with Crippen molar-refractivity contribution in [1.29, 1.82) is 0 Å². The van der Waals surface area contributed by atoms with Crippen molar-refractivity contribution in [3.8, 4) is 0 Å². The van der Waals surface area contributed by atoms with Crippen molar-refractivity contribution in [2.45, 2.75) is 65.6 Å². The molecule has 19 heavy (non-hydrogen) atoms. The number of hydrogen-bond acceptors (Lipinski definition) is 3. The van der Waals surface area contributed by atoms with E-state index < -0.39 is 0 Å². The molecule has 3 nitrogen and oxygen atoms in total. The molecular weight excluding hydrogens is 234 g/mol. The SMILES string of the molecule is CC1CN(CCCCN(C)C(C)C)C(C(C)C)CN1. The van der Waals surface area contributed by atoms with Gasteiger partial charge >= 0.3 is 0 Å². The molecule has 1 rings (SSSR count). The zero-order chi connectivity index (χ0) is 14.4. The molecule has 1 saturated heterocycles. The maximum Gasteiger partial charge on any atom is 0.0244 e. The third kappa shape index (κ3) is 5.80. The second-order valence-electron chi connectivity index (χ2n) is 6.90. The first-order valence-corrected chi connectivity index (χ1v) is 8.09. The van der Waals surface area contributed by atoms with Gasteiger partial charge in [0.2, 0.25) is 0 Å². The van der Waals surface area contributed by atoms with Crippen LogP contribution >= 0.6 is 0 Å². The van der Waals surface area contributed by atoms with Crippen LogP contribution in [0.1, 0.15) is 47.5 Å². The van der Waals surface area contributed by atoms with E-state index in [2.05, 4.69) is 56.8 Å². The molecule has 2 unspecified atom stereocenters. The van der Waals surface area contributed by atoms with Crippen LogP contribution < -0.4 is 5.32 Å². The van der Waals surface area contributed by atoms with Crippen molar-refractivity contribution >= 4 is 0 Å². The maximum atomic E-state index is 3.62. The van der Waals surface area contributed by atoms with Crippen LogP contribution in [0.15, 0.2) is 0 Å². The molecule has 0 aliphatic carbocycles. The van der Waals surface area contributed by atoms with Gasteiger partial charge in [0.15, 0.2) is 0 Å². The van der Waals surface area contributed by atoms with E-state index >= 15 is 0 Å². The van der Waals surface area contributed by atoms with Gasteiger partial charge in [-0.15, -0.1) is 0 Å². The van der Waals surface area contributed by atoms with Crippen LogP contribution in [0.5, 0.6) is 0 Å². The Labute approximate surface area is 120 Å².